The molecule has 0 unspecified atom stereocenters. The van der Waals surface area contributed by atoms with Gasteiger partial charge in [-0.3, -0.25) is 4.90 Å². The minimum atomic E-state index is -4.36. The molecule has 1 heterocycles. The predicted octanol–water partition coefficient (Wildman–Crippen LogP) is 2.66. The number of hydrogen-bond donors (Lipinski definition) is 0. The Hall–Kier alpha value is -1.72. The van der Waals surface area contributed by atoms with Crippen LogP contribution in [0, 0.1) is 0 Å². The zero-order chi connectivity index (χ0) is 11.8. The van der Waals surface area contributed by atoms with Crippen molar-refractivity contribution in [2.45, 2.75) is 6.18 Å². The largest absolute Gasteiger partial charge is 0.447 e. The van der Waals surface area contributed by atoms with Crippen LogP contribution in [0.1, 0.15) is 5.56 Å². The van der Waals surface area contributed by atoms with Crippen LogP contribution in [-0.2, 0) is 10.9 Å². The van der Waals surface area contributed by atoms with Crippen LogP contribution in [-0.4, -0.2) is 19.2 Å². The summed E-state index contributed by atoms with van der Waals surface area (Å²) in [5.41, 5.74) is -0.320. The highest BCUT2D eigenvalue weighted by atomic mass is 19.4. The van der Waals surface area contributed by atoms with E-state index in [9.17, 15) is 18.0 Å². The number of hydrogen-bond acceptors (Lipinski definition) is 2. The van der Waals surface area contributed by atoms with Crippen LogP contribution >= 0.6 is 0 Å². The summed E-state index contributed by atoms with van der Waals surface area (Å²) in [6, 6.07) is 4.41. The number of carbonyl (C=O) groups excluding carboxylic acids is 1. The maximum atomic E-state index is 12.3. The quantitative estimate of drug-likeness (QED) is 0.743. The third kappa shape index (κ3) is 1.95. The number of alkyl halides is 3. The molecule has 1 saturated heterocycles. The Balaban J connectivity index is 2.22. The third-order valence-corrected chi connectivity index (χ3v) is 2.27. The number of amides is 1. The predicted molar refractivity (Wildman–Crippen MR) is 50.1 cm³/mol. The van der Waals surface area contributed by atoms with Gasteiger partial charge in [0.05, 0.1) is 12.1 Å². The standard InChI is InChI=1S/C10H8F3NO2/c11-10(12,13)7-1-3-8(4-2-7)14-5-6-16-9(14)15/h1-4H,5-6H2. The molecule has 1 aromatic rings. The van der Waals surface area contributed by atoms with E-state index in [2.05, 4.69) is 4.74 Å². The van der Waals surface area contributed by atoms with E-state index in [1.807, 2.05) is 0 Å². The van der Waals surface area contributed by atoms with Gasteiger partial charge in [0.1, 0.15) is 6.61 Å². The molecule has 1 aliphatic heterocycles. The van der Waals surface area contributed by atoms with Gasteiger partial charge in [-0.05, 0) is 24.3 Å². The number of ether oxygens (including phenoxy) is 1. The van der Waals surface area contributed by atoms with Crippen molar-refractivity contribution in [3.63, 3.8) is 0 Å². The maximum Gasteiger partial charge on any atom is 0.416 e. The molecule has 0 spiro atoms. The first-order valence-electron chi connectivity index (χ1n) is 4.60. The molecular weight excluding hydrogens is 223 g/mol. The minimum Gasteiger partial charge on any atom is -0.447 e. The third-order valence-electron chi connectivity index (χ3n) is 2.27. The van der Waals surface area contributed by atoms with E-state index in [0.29, 0.717) is 12.2 Å². The van der Waals surface area contributed by atoms with E-state index in [1.165, 1.54) is 17.0 Å². The molecule has 1 fully saturated rings. The van der Waals surface area contributed by atoms with Crippen LogP contribution in [0.4, 0.5) is 23.7 Å². The van der Waals surface area contributed by atoms with Crippen molar-refractivity contribution in [2.24, 2.45) is 0 Å². The van der Waals surface area contributed by atoms with Gasteiger partial charge in [-0.1, -0.05) is 0 Å². The van der Waals surface area contributed by atoms with Crippen molar-refractivity contribution in [3.8, 4) is 0 Å². The first kappa shape index (κ1) is 10.8. The molecule has 16 heavy (non-hydrogen) atoms. The second-order valence-electron chi connectivity index (χ2n) is 3.31. The SMILES string of the molecule is O=C1OCCN1c1ccc(C(F)(F)F)cc1. The first-order chi connectivity index (χ1) is 7.48. The lowest BCUT2D eigenvalue weighted by Crippen LogP contribution is -2.23. The second kappa shape index (κ2) is 3.70. The van der Waals surface area contributed by atoms with Gasteiger partial charge >= 0.3 is 12.3 Å². The molecule has 0 radical (unpaired) electrons. The van der Waals surface area contributed by atoms with Gasteiger partial charge in [-0.2, -0.15) is 13.2 Å². The van der Waals surface area contributed by atoms with Gasteiger partial charge < -0.3 is 4.74 Å². The summed E-state index contributed by atoms with van der Waals surface area (Å²) in [6.07, 6.45) is -4.89. The number of halogens is 3. The highest BCUT2D eigenvalue weighted by Crippen LogP contribution is 2.30. The molecule has 1 aliphatic rings. The number of carbonyl (C=O) groups is 1. The number of rotatable bonds is 1. The molecule has 0 bridgehead atoms. The van der Waals surface area contributed by atoms with Crippen LogP contribution in [0.2, 0.25) is 0 Å². The first-order valence-corrected chi connectivity index (χ1v) is 4.60. The Morgan fingerprint density at radius 2 is 1.81 bits per heavy atom. The molecule has 2 rings (SSSR count). The van der Waals surface area contributed by atoms with Crippen molar-refractivity contribution in [1.82, 2.24) is 0 Å². The highest BCUT2D eigenvalue weighted by molar-refractivity contribution is 5.89. The fourth-order valence-electron chi connectivity index (χ4n) is 1.46. The molecule has 6 heteroatoms. The fourth-order valence-corrected chi connectivity index (χ4v) is 1.46. The van der Waals surface area contributed by atoms with Gasteiger partial charge in [-0.25, -0.2) is 4.79 Å². The van der Waals surface area contributed by atoms with E-state index in [0.717, 1.165) is 12.1 Å². The summed E-state index contributed by atoms with van der Waals surface area (Å²) in [4.78, 5) is 12.4. The topological polar surface area (TPSA) is 29.5 Å². The molecule has 1 aromatic carbocycles. The molecule has 1 amide bonds. The minimum absolute atomic E-state index is 0.264. The summed E-state index contributed by atoms with van der Waals surface area (Å²) < 4.78 is 41.5. The van der Waals surface area contributed by atoms with E-state index in [-0.39, 0.29) is 6.61 Å². The number of benzene rings is 1. The zero-order valence-electron chi connectivity index (χ0n) is 8.12. The van der Waals surface area contributed by atoms with E-state index in [1.54, 1.807) is 0 Å². The smallest absolute Gasteiger partial charge is 0.416 e. The molecule has 0 aromatic heterocycles. The average Bonchev–Trinajstić information content (AvgIpc) is 2.63. The van der Waals surface area contributed by atoms with Crippen molar-refractivity contribution >= 4 is 11.8 Å². The van der Waals surface area contributed by atoms with Crippen LogP contribution in [0.5, 0.6) is 0 Å². The molecule has 3 nitrogen and oxygen atoms in total. The molecule has 0 atom stereocenters. The number of cyclic esters (lactones) is 1. The van der Waals surface area contributed by atoms with Crippen LogP contribution < -0.4 is 4.90 Å². The zero-order valence-corrected chi connectivity index (χ0v) is 8.12. The molecule has 86 valence electrons. The van der Waals surface area contributed by atoms with Crippen molar-refractivity contribution in [3.05, 3.63) is 29.8 Å². The van der Waals surface area contributed by atoms with Crippen LogP contribution in [0.15, 0.2) is 24.3 Å². The van der Waals surface area contributed by atoms with Crippen molar-refractivity contribution in [2.75, 3.05) is 18.1 Å². The van der Waals surface area contributed by atoms with Crippen LogP contribution in [0.3, 0.4) is 0 Å². The van der Waals surface area contributed by atoms with Crippen molar-refractivity contribution in [1.29, 1.82) is 0 Å². The van der Waals surface area contributed by atoms with Gasteiger partial charge in [0.15, 0.2) is 0 Å². The summed E-state index contributed by atoms with van der Waals surface area (Å²) in [5, 5.41) is 0. The Morgan fingerprint density at radius 1 is 1.19 bits per heavy atom. The van der Waals surface area contributed by atoms with Gasteiger partial charge in [0.25, 0.3) is 0 Å². The Bertz CT molecular complexity index is 400. The van der Waals surface area contributed by atoms with E-state index in [4.69, 9.17) is 0 Å². The molecule has 0 aliphatic carbocycles. The second-order valence-corrected chi connectivity index (χ2v) is 3.31. The van der Waals surface area contributed by atoms with E-state index >= 15 is 0 Å². The lowest BCUT2D eigenvalue weighted by atomic mass is 10.2. The van der Waals surface area contributed by atoms with Gasteiger partial charge in [-0.15, -0.1) is 0 Å². The summed E-state index contributed by atoms with van der Waals surface area (Å²) >= 11 is 0. The lowest BCUT2D eigenvalue weighted by molar-refractivity contribution is -0.137. The highest BCUT2D eigenvalue weighted by Gasteiger charge is 2.31. The molecule has 0 saturated carbocycles. The molecular formula is C10H8F3NO2. The molecule has 0 N–H and O–H groups in total. The number of nitrogens with zero attached hydrogens (tertiary/aromatic N) is 1. The lowest BCUT2D eigenvalue weighted by Gasteiger charge is -2.13. The van der Waals surface area contributed by atoms with Gasteiger partial charge in [0.2, 0.25) is 0 Å². The van der Waals surface area contributed by atoms with E-state index < -0.39 is 17.8 Å². The normalized spacial score (nSPS) is 16.4. The maximum absolute atomic E-state index is 12.3. The Morgan fingerprint density at radius 3 is 2.25 bits per heavy atom. The Labute approximate surface area is 89.4 Å². The summed E-state index contributed by atoms with van der Waals surface area (Å²) in [6.45, 7) is 0.629. The van der Waals surface area contributed by atoms with Gasteiger partial charge in [0, 0.05) is 5.69 Å². The Kier molecular flexibility index (Phi) is 2.49. The van der Waals surface area contributed by atoms with Crippen LogP contribution in [0.25, 0.3) is 0 Å². The number of anilines is 1. The average molecular weight is 231 g/mol. The summed E-state index contributed by atoms with van der Waals surface area (Å²) in [7, 11) is 0. The monoisotopic (exact) mass is 231 g/mol. The fraction of sp³-hybridized carbons (Fsp3) is 0.300. The summed E-state index contributed by atoms with van der Waals surface area (Å²) in [5.74, 6) is 0. The van der Waals surface area contributed by atoms with Crippen molar-refractivity contribution < 1.29 is 22.7 Å².